The molecule has 0 unspecified atom stereocenters. The average molecular weight is 368 g/mol. The molecule has 0 aromatic heterocycles. The summed E-state index contributed by atoms with van der Waals surface area (Å²) in [5.74, 6) is -0.486. The third-order valence-corrected chi connectivity index (χ3v) is 4.92. The number of anilines is 1. The first kappa shape index (κ1) is 15.7. The molecule has 1 saturated heterocycles. The van der Waals surface area contributed by atoms with E-state index < -0.39 is 30.0 Å². The van der Waals surface area contributed by atoms with E-state index in [1.165, 1.54) is 0 Å². The van der Waals surface area contributed by atoms with E-state index in [2.05, 4.69) is 21.2 Å². The molecule has 1 aromatic rings. The molecule has 1 aromatic carbocycles. The lowest BCUT2D eigenvalue weighted by Gasteiger charge is -2.32. The van der Waals surface area contributed by atoms with Gasteiger partial charge >= 0.3 is 7.12 Å². The van der Waals surface area contributed by atoms with E-state index in [1.807, 2.05) is 27.7 Å². The quantitative estimate of drug-likeness (QED) is 0.608. The fourth-order valence-corrected chi connectivity index (χ4v) is 2.80. The Balaban J connectivity index is 2.05. The highest BCUT2D eigenvalue weighted by atomic mass is 79.9. The topological polar surface area (TPSA) is 47.6 Å². The van der Waals surface area contributed by atoms with Crippen molar-refractivity contribution in [2.45, 2.75) is 38.9 Å². The third kappa shape index (κ3) is 2.32. The number of carbonyl (C=O) groups excluding carboxylic acids is 1. The summed E-state index contributed by atoms with van der Waals surface area (Å²) >= 11 is 3.33. The van der Waals surface area contributed by atoms with Crippen molar-refractivity contribution in [3.05, 3.63) is 34.0 Å². The number of carbonyl (C=O) groups is 1. The van der Waals surface area contributed by atoms with Gasteiger partial charge in [0.2, 0.25) is 0 Å². The number of halogens is 2. The van der Waals surface area contributed by atoms with Crippen LogP contribution in [-0.4, -0.2) is 24.2 Å². The molecule has 0 atom stereocenters. The minimum atomic E-state index is -1.18. The van der Waals surface area contributed by atoms with Crippen molar-refractivity contribution in [1.29, 1.82) is 0 Å². The second kappa shape index (κ2) is 4.91. The Morgan fingerprint density at radius 1 is 1.23 bits per heavy atom. The van der Waals surface area contributed by atoms with E-state index in [4.69, 9.17) is 9.31 Å². The van der Waals surface area contributed by atoms with Gasteiger partial charge in [0.25, 0.3) is 5.91 Å². The van der Waals surface area contributed by atoms with Crippen molar-refractivity contribution >= 4 is 40.2 Å². The molecule has 1 N–H and O–H groups in total. The van der Waals surface area contributed by atoms with Gasteiger partial charge in [-0.2, -0.15) is 0 Å². The molecule has 0 spiro atoms. The Hall–Kier alpha value is -1.18. The van der Waals surface area contributed by atoms with Gasteiger partial charge in [-0.1, -0.05) is 15.9 Å². The first-order chi connectivity index (χ1) is 10.1. The average Bonchev–Trinajstić information content (AvgIpc) is 2.82. The van der Waals surface area contributed by atoms with E-state index in [1.54, 1.807) is 18.2 Å². The lowest BCUT2D eigenvalue weighted by Crippen LogP contribution is -2.41. The van der Waals surface area contributed by atoms with Crippen LogP contribution in [0.25, 0.3) is 5.57 Å². The molecule has 1 fully saturated rings. The highest BCUT2D eigenvalue weighted by molar-refractivity contribution is 9.10. The molecule has 2 aliphatic heterocycles. The summed E-state index contributed by atoms with van der Waals surface area (Å²) in [6.07, 6.45) is 0. The summed E-state index contributed by atoms with van der Waals surface area (Å²) in [7, 11) is -1.18. The summed E-state index contributed by atoms with van der Waals surface area (Å²) in [5, 5.41) is 2.65. The van der Waals surface area contributed by atoms with Crippen molar-refractivity contribution in [3.63, 3.8) is 0 Å². The maximum atomic E-state index is 14.9. The summed E-state index contributed by atoms with van der Waals surface area (Å²) in [6.45, 7) is 7.35. The van der Waals surface area contributed by atoms with E-state index in [0.717, 1.165) is 4.47 Å². The van der Waals surface area contributed by atoms with E-state index >= 15 is 0 Å². The van der Waals surface area contributed by atoms with Crippen LogP contribution >= 0.6 is 15.9 Å². The monoisotopic (exact) mass is 367 g/mol. The highest BCUT2D eigenvalue weighted by Gasteiger charge is 2.54. The zero-order valence-electron chi connectivity index (χ0n) is 12.8. The first-order valence-corrected chi connectivity index (χ1v) is 7.78. The van der Waals surface area contributed by atoms with Crippen molar-refractivity contribution < 1.29 is 18.5 Å². The molecule has 0 aliphatic carbocycles. The van der Waals surface area contributed by atoms with Gasteiger partial charge in [0, 0.05) is 15.7 Å². The van der Waals surface area contributed by atoms with Crippen LogP contribution in [0, 0.1) is 0 Å². The van der Waals surface area contributed by atoms with Gasteiger partial charge in [0.05, 0.1) is 16.8 Å². The van der Waals surface area contributed by atoms with Gasteiger partial charge in [-0.15, -0.1) is 0 Å². The minimum absolute atomic E-state index is 0.0326. The number of fused-ring (bicyclic) bond motifs is 1. The second-order valence-corrected chi connectivity index (χ2v) is 7.37. The predicted molar refractivity (Wildman–Crippen MR) is 86.9 cm³/mol. The van der Waals surface area contributed by atoms with Crippen LogP contribution in [0.4, 0.5) is 10.1 Å². The van der Waals surface area contributed by atoms with Gasteiger partial charge in [-0.3, -0.25) is 4.79 Å². The zero-order chi connectivity index (χ0) is 16.3. The van der Waals surface area contributed by atoms with Crippen molar-refractivity contribution in [2.24, 2.45) is 0 Å². The maximum Gasteiger partial charge on any atom is 0.526 e. The molecular weight excluding hydrogens is 352 g/mol. The van der Waals surface area contributed by atoms with Crippen LogP contribution < -0.4 is 5.32 Å². The molecule has 0 radical (unpaired) electrons. The molecule has 0 bridgehead atoms. The van der Waals surface area contributed by atoms with E-state index in [9.17, 15) is 9.18 Å². The summed E-state index contributed by atoms with van der Waals surface area (Å²) < 4.78 is 27.0. The SMILES string of the molecule is CC1(C)OB(C(F)=C2C(=O)Nc3ccc(Br)cc32)OC1(C)C. The number of amides is 1. The Labute approximate surface area is 137 Å². The van der Waals surface area contributed by atoms with Gasteiger partial charge in [0.1, 0.15) is 5.73 Å². The minimum Gasteiger partial charge on any atom is -0.398 e. The Kier molecular flexibility index (Phi) is 3.51. The molecule has 4 nitrogen and oxygen atoms in total. The largest absolute Gasteiger partial charge is 0.526 e. The van der Waals surface area contributed by atoms with Crippen LogP contribution in [0.5, 0.6) is 0 Å². The van der Waals surface area contributed by atoms with E-state index in [-0.39, 0.29) is 5.57 Å². The Morgan fingerprint density at radius 2 is 1.82 bits per heavy atom. The predicted octanol–water partition coefficient (Wildman–Crippen LogP) is 3.71. The van der Waals surface area contributed by atoms with E-state index in [0.29, 0.717) is 11.3 Å². The van der Waals surface area contributed by atoms with Crippen molar-refractivity contribution in [2.75, 3.05) is 5.32 Å². The second-order valence-electron chi connectivity index (χ2n) is 6.46. The Bertz CT molecular complexity index is 686. The third-order valence-electron chi connectivity index (χ3n) is 4.43. The molecule has 2 aliphatic rings. The lowest BCUT2D eigenvalue weighted by molar-refractivity contribution is -0.110. The molecule has 7 heteroatoms. The molecule has 1 amide bonds. The normalized spacial score (nSPS) is 24.3. The summed E-state index contributed by atoms with van der Waals surface area (Å²) in [4.78, 5) is 12.1. The molecule has 116 valence electrons. The number of hydrogen-bond donors (Lipinski definition) is 1. The fourth-order valence-electron chi connectivity index (χ4n) is 2.44. The van der Waals surface area contributed by atoms with Crippen LogP contribution in [0.2, 0.25) is 0 Å². The van der Waals surface area contributed by atoms with Gasteiger partial charge < -0.3 is 14.6 Å². The van der Waals surface area contributed by atoms with Gasteiger partial charge in [-0.25, -0.2) is 4.39 Å². The van der Waals surface area contributed by atoms with Gasteiger partial charge in [0.15, 0.2) is 0 Å². The standard InChI is InChI=1S/C15H16BBrFNO3/c1-14(2)15(3,4)22-16(21-14)12(18)11-9-7-8(17)5-6-10(9)19-13(11)20/h5-7H,1-4H3,(H,19,20). The highest BCUT2D eigenvalue weighted by Crippen LogP contribution is 2.42. The molecule has 3 rings (SSSR count). The number of benzene rings is 1. The molecule has 2 heterocycles. The van der Waals surface area contributed by atoms with Crippen molar-refractivity contribution in [1.82, 2.24) is 0 Å². The first-order valence-electron chi connectivity index (χ1n) is 6.99. The van der Waals surface area contributed by atoms with Gasteiger partial charge in [-0.05, 0) is 45.9 Å². The number of rotatable bonds is 1. The Morgan fingerprint density at radius 3 is 2.41 bits per heavy atom. The smallest absolute Gasteiger partial charge is 0.398 e. The summed E-state index contributed by atoms with van der Waals surface area (Å²) in [5.41, 5.74) is -0.973. The molecule has 0 saturated carbocycles. The van der Waals surface area contributed by atoms with Crippen LogP contribution in [0.1, 0.15) is 33.3 Å². The zero-order valence-corrected chi connectivity index (χ0v) is 14.4. The number of nitrogens with one attached hydrogen (secondary N) is 1. The number of hydrogen-bond acceptors (Lipinski definition) is 3. The van der Waals surface area contributed by atoms with Crippen molar-refractivity contribution in [3.8, 4) is 0 Å². The van der Waals surface area contributed by atoms with Crippen LogP contribution in [0.3, 0.4) is 0 Å². The summed E-state index contributed by atoms with van der Waals surface area (Å²) in [6, 6.07) is 5.21. The lowest BCUT2D eigenvalue weighted by atomic mass is 9.83. The molecular formula is C15H16BBrFNO3. The fraction of sp³-hybridized carbons (Fsp3) is 0.400. The molecule has 22 heavy (non-hydrogen) atoms. The van der Waals surface area contributed by atoms with Crippen LogP contribution in [0.15, 0.2) is 28.4 Å². The maximum absolute atomic E-state index is 14.9. The van der Waals surface area contributed by atoms with Crippen LogP contribution in [-0.2, 0) is 14.1 Å².